The molecule has 4 rings (SSSR count). The van der Waals surface area contributed by atoms with Crippen LogP contribution >= 0.6 is 0 Å². The van der Waals surface area contributed by atoms with Crippen LogP contribution in [0, 0.1) is 0 Å². The molecule has 1 heterocycles. The van der Waals surface area contributed by atoms with Crippen molar-refractivity contribution in [2.24, 2.45) is 0 Å². The topological polar surface area (TPSA) is 61.4 Å². The third-order valence-electron chi connectivity index (χ3n) is 4.77. The zero-order valence-electron chi connectivity index (χ0n) is 15.3. The van der Waals surface area contributed by atoms with E-state index in [9.17, 15) is 9.59 Å². The molecule has 0 aromatic heterocycles. The number of anilines is 1. The molecule has 140 valence electrons. The van der Waals surface area contributed by atoms with Gasteiger partial charge in [0.05, 0.1) is 5.56 Å². The Morgan fingerprint density at radius 1 is 0.893 bits per heavy atom. The van der Waals surface area contributed by atoms with Gasteiger partial charge in [-0.1, -0.05) is 72.8 Å². The predicted molar refractivity (Wildman–Crippen MR) is 108 cm³/mol. The van der Waals surface area contributed by atoms with Crippen molar-refractivity contribution in [2.75, 3.05) is 5.32 Å². The number of fused-ring (bicyclic) bond motifs is 1. The lowest BCUT2D eigenvalue weighted by Gasteiger charge is -2.37. The molecule has 3 aromatic rings. The first kappa shape index (κ1) is 17.8. The SMILES string of the molecule is O=C(CCc1ccccc1)NN1C(=O)c2ccccc2NC1c1ccccc1. The van der Waals surface area contributed by atoms with E-state index in [4.69, 9.17) is 0 Å². The molecule has 0 fully saturated rings. The summed E-state index contributed by atoms with van der Waals surface area (Å²) in [6.07, 6.45) is 0.454. The van der Waals surface area contributed by atoms with Crippen LogP contribution in [0.4, 0.5) is 5.69 Å². The van der Waals surface area contributed by atoms with E-state index >= 15 is 0 Å². The van der Waals surface area contributed by atoms with Gasteiger partial charge in [0.2, 0.25) is 5.91 Å². The number of hydrogen-bond acceptors (Lipinski definition) is 3. The molecule has 5 heteroatoms. The minimum Gasteiger partial charge on any atom is -0.359 e. The Labute approximate surface area is 164 Å². The Morgan fingerprint density at radius 2 is 1.54 bits per heavy atom. The maximum atomic E-state index is 13.1. The van der Waals surface area contributed by atoms with Crippen LogP contribution in [0.3, 0.4) is 0 Å². The number of carbonyl (C=O) groups excluding carboxylic acids is 2. The zero-order valence-corrected chi connectivity index (χ0v) is 15.3. The highest BCUT2D eigenvalue weighted by atomic mass is 16.2. The van der Waals surface area contributed by atoms with Gasteiger partial charge in [0.1, 0.15) is 6.17 Å². The number of para-hydroxylation sites is 1. The molecule has 1 atom stereocenters. The van der Waals surface area contributed by atoms with Crippen molar-refractivity contribution >= 4 is 17.5 Å². The molecule has 5 nitrogen and oxygen atoms in total. The van der Waals surface area contributed by atoms with Gasteiger partial charge >= 0.3 is 0 Å². The fourth-order valence-corrected chi connectivity index (χ4v) is 3.33. The summed E-state index contributed by atoms with van der Waals surface area (Å²) in [7, 11) is 0. The lowest BCUT2D eigenvalue weighted by molar-refractivity contribution is -0.125. The van der Waals surface area contributed by atoms with Gasteiger partial charge < -0.3 is 5.32 Å². The van der Waals surface area contributed by atoms with Gasteiger partial charge in [-0.05, 0) is 29.7 Å². The third kappa shape index (κ3) is 3.74. The number of rotatable bonds is 5. The maximum Gasteiger partial charge on any atom is 0.276 e. The minimum atomic E-state index is -0.468. The molecular weight excluding hydrogens is 350 g/mol. The largest absolute Gasteiger partial charge is 0.359 e. The van der Waals surface area contributed by atoms with E-state index in [1.807, 2.05) is 78.9 Å². The van der Waals surface area contributed by atoms with Gasteiger partial charge in [-0.25, -0.2) is 5.01 Å². The van der Waals surface area contributed by atoms with E-state index < -0.39 is 6.17 Å². The van der Waals surface area contributed by atoms with Crippen molar-refractivity contribution in [1.82, 2.24) is 10.4 Å². The van der Waals surface area contributed by atoms with Crippen LogP contribution in [-0.2, 0) is 11.2 Å². The second-order valence-electron chi connectivity index (χ2n) is 6.70. The number of nitrogens with zero attached hydrogens (tertiary/aromatic N) is 1. The predicted octanol–water partition coefficient (Wildman–Crippen LogP) is 3.92. The first-order valence-corrected chi connectivity index (χ1v) is 9.30. The highest BCUT2D eigenvalue weighted by Crippen LogP contribution is 2.31. The van der Waals surface area contributed by atoms with Crippen LogP contribution in [0.15, 0.2) is 84.9 Å². The van der Waals surface area contributed by atoms with Crippen molar-refractivity contribution < 1.29 is 9.59 Å². The summed E-state index contributed by atoms with van der Waals surface area (Å²) in [5.41, 5.74) is 6.10. The first-order chi connectivity index (χ1) is 13.7. The van der Waals surface area contributed by atoms with E-state index in [0.29, 0.717) is 18.4 Å². The second-order valence-corrected chi connectivity index (χ2v) is 6.70. The molecule has 1 unspecified atom stereocenters. The summed E-state index contributed by atoms with van der Waals surface area (Å²) in [6.45, 7) is 0. The Hall–Kier alpha value is -3.60. The lowest BCUT2D eigenvalue weighted by atomic mass is 10.0. The molecular formula is C23H21N3O2. The quantitative estimate of drug-likeness (QED) is 0.715. The number of benzene rings is 3. The average molecular weight is 371 g/mol. The summed E-state index contributed by atoms with van der Waals surface area (Å²) in [5.74, 6) is -0.421. The summed E-state index contributed by atoms with van der Waals surface area (Å²) >= 11 is 0. The minimum absolute atomic E-state index is 0.195. The molecule has 2 amide bonds. The first-order valence-electron chi connectivity index (χ1n) is 9.30. The number of nitrogens with one attached hydrogen (secondary N) is 2. The normalized spacial score (nSPS) is 15.5. The van der Waals surface area contributed by atoms with E-state index in [1.54, 1.807) is 6.07 Å². The van der Waals surface area contributed by atoms with Crippen LogP contribution in [0.25, 0.3) is 0 Å². The highest BCUT2D eigenvalue weighted by Gasteiger charge is 2.33. The summed E-state index contributed by atoms with van der Waals surface area (Å²) < 4.78 is 0. The molecule has 0 saturated carbocycles. The van der Waals surface area contributed by atoms with Gasteiger partial charge in [-0.2, -0.15) is 0 Å². The molecule has 1 aliphatic heterocycles. The van der Waals surface area contributed by atoms with Crippen molar-refractivity contribution in [2.45, 2.75) is 19.0 Å². The third-order valence-corrected chi connectivity index (χ3v) is 4.77. The van der Waals surface area contributed by atoms with Gasteiger partial charge in [-0.3, -0.25) is 15.0 Å². The second kappa shape index (κ2) is 7.96. The van der Waals surface area contributed by atoms with Crippen LogP contribution in [0.2, 0.25) is 0 Å². The summed E-state index contributed by atoms with van der Waals surface area (Å²) in [5, 5.41) is 4.76. The molecule has 0 radical (unpaired) electrons. The van der Waals surface area contributed by atoms with Gasteiger partial charge in [-0.15, -0.1) is 0 Å². The highest BCUT2D eigenvalue weighted by molar-refractivity contribution is 6.02. The molecule has 0 saturated heterocycles. The number of hydrogen-bond donors (Lipinski definition) is 2. The molecule has 3 aromatic carbocycles. The van der Waals surface area contributed by atoms with Gasteiger partial charge in [0.15, 0.2) is 0 Å². The van der Waals surface area contributed by atoms with Crippen LogP contribution < -0.4 is 10.7 Å². The summed E-state index contributed by atoms with van der Waals surface area (Å²) in [6, 6.07) is 26.8. The number of amides is 2. The standard InChI is InChI=1S/C23H21N3O2/c27-21(16-15-17-9-3-1-4-10-17)25-26-22(18-11-5-2-6-12-18)24-20-14-8-7-13-19(20)23(26)28/h1-14,22,24H,15-16H2,(H,25,27). The molecule has 2 N–H and O–H groups in total. The number of hydrazine groups is 1. The lowest BCUT2D eigenvalue weighted by Crippen LogP contribution is -2.52. The molecule has 0 aliphatic carbocycles. The molecule has 0 bridgehead atoms. The fraction of sp³-hybridized carbons (Fsp3) is 0.130. The maximum absolute atomic E-state index is 13.1. The van der Waals surface area contributed by atoms with Crippen molar-refractivity contribution in [3.63, 3.8) is 0 Å². The van der Waals surface area contributed by atoms with Crippen molar-refractivity contribution in [3.8, 4) is 0 Å². The van der Waals surface area contributed by atoms with Crippen LogP contribution in [-0.4, -0.2) is 16.8 Å². The molecule has 1 aliphatic rings. The smallest absolute Gasteiger partial charge is 0.276 e. The van der Waals surface area contributed by atoms with Crippen LogP contribution in [0.5, 0.6) is 0 Å². The van der Waals surface area contributed by atoms with E-state index in [1.165, 1.54) is 5.01 Å². The number of carbonyl (C=O) groups is 2. The molecule has 0 spiro atoms. The Morgan fingerprint density at radius 3 is 2.29 bits per heavy atom. The van der Waals surface area contributed by atoms with E-state index in [-0.39, 0.29) is 11.8 Å². The Balaban J connectivity index is 1.55. The average Bonchev–Trinajstić information content (AvgIpc) is 2.75. The fourth-order valence-electron chi connectivity index (χ4n) is 3.33. The monoisotopic (exact) mass is 371 g/mol. The van der Waals surface area contributed by atoms with Crippen LogP contribution in [0.1, 0.15) is 34.1 Å². The van der Waals surface area contributed by atoms with E-state index in [2.05, 4.69) is 10.7 Å². The summed E-state index contributed by atoms with van der Waals surface area (Å²) in [4.78, 5) is 25.7. The number of aryl methyl sites for hydroxylation is 1. The zero-order chi connectivity index (χ0) is 19.3. The van der Waals surface area contributed by atoms with Crippen molar-refractivity contribution in [3.05, 3.63) is 102 Å². The Kier molecular flexibility index (Phi) is 5.06. The van der Waals surface area contributed by atoms with Gasteiger partial charge in [0.25, 0.3) is 5.91 Å². The van der Waals surface area contributed by atoms with E-state index in [0.717, 1.165) is 16.8 Å². The Bertz CT molecular complexity index is 973. The molecule has 28 heavy (non-hydrogen) atoms. The van der Waals surface area contributed by atoms with Gasteiger partial charge in [0, 0.05) is 12.1 Å². The van der Waals surface area contributed by atoms with Crippen molar-refractivity contribution in [1.29, 1.82) is 0 Å².